The van der Waals surface area contributed by atoms with Crippen molar-refractivity contribution in [2.45, 2.75) is 38.7 Å². The maximum absolute atomic E-state index is 10.5. The van der Waals surface area contributed by atoms with E-state index in [1.807, 2.05) is 0 Å². The van der Waals surface area contributed by atoms with Crippen LogP contribution in [0.3, 0.4) is 0 Å². The van der Waals surface area contributed by atoms with Crippen LogP contribution in [0.25, 0.3) is 0 Å². The summed E-state index contributed by atoms with van der Waals surface area (Å²) in [7, 11) is 0. The highest BCUT2D eigenvalue weighted by atomic mass is 16.3. The van der Waals surface area contributed by atoms with Crippen molar-refractivity contribution in [3.8, 4) is 0 Å². The summed E-state index contributed by atoms with van der Waals surface area (Å²) in [6, 6.07) is 0. The topological polar surface area (TPSA) is 23.5 Å². The van der Waals surface area contributed by atoms with Gasteiger partial charge in [-0.1, -0.05) is 13.8 Å². The van der Waals surface area contributed by atoms with Gasteiger partial charge in [-0.2, -0.15) is 0 Å². The van der Waals surface area contributed by atoms with Crippen molar-refractivity contribution in [2.24, 2.45) is 11.8 Å². The molecule has 0 aromatic heterocycles. The molecule has 2 nitrogen and oxygen atoms in total. The van der Waals surface area contributed by atoms with Gasteiger partial charge >= 0.3 is 0 Å². The van der Waals surface area contributed by atoms with Crippen molar-refractivity contribution >= 4 is 0 Å². The molecule has 2 rings (SSSR count). The Balaban J connectivity index is 2.04. The molecule has 0 aromatic rings. The zero-order valence-electron chi connectivity index (χ0n) is 8.79. The van der Waals surface area contributed by atoms with Crippen LogP contribution in [0.2, 0.25) is 0 Å². The minimum atomic E-state index is -0.332. The summed E-state index contributed by atoms with van der Waals surface area (Å²) in [5.41, 5.74) is -0.332. The molecule has 0 spiro atoms. The quantitative estimate of drug-likeness (QED) is 0.701. The van der Waals surface area contributed by atoms with E-state index < -0.39 is 0 Å². The third-order valence-corrected chi connectivity index (χ3v) is 3.65. The van der Waals surface area contributed by atoms with Gasteiger partial charge in [0.1, 0.15) is 0 Å². The van der Waals surface area contributed by atoms with Gasteiger partial charge in [0.05, 0.1) is 5.60 Å². The maximum Gasteiger partial charge on any atom is 0.0703 e. The van der Waals surface area contributed by atoms with E-state index in [1.54, 1.807) is 0 Å². The van der Waals surface area contributed by atoms with E-state index in [4.69, 9.17) is 0 Å². The molecule has 3 unspecified atom stereocenters. The van der Waals surface area contributed by atoms with Gasteiger partial charge in [-0.15, -0.1) is 0 Å². The molecule has 0 radical (unpaired) electrons. The summed E-state index contributed by atoms with van der Waals surface area (Å²) >= 11 is 0. The van der Waals surface area contributed by atoms with Gasteiger partial charge in [0.25, 0.3) is 0 Å². The SMILES string of the molecule is CC(C)CC1(O)CCN2CCC1C2. The molecule has 1 N–H and O–H groups in total. The smallest absolute Gasteiger partial charge is 0.0703 e. The lowest BCUT2D eigenvalue weighted by Crippen LogP contribution is -2.47. The number of aliphatic hydroxyl groups is 1. The maximum atomic E-state index is 10.5. The fourth-order valence-corrected chi connectivity index (χ4v) is 3.01. The third kappa shape index (κ3) is 1.75. The second-order valence-corrected chi connectivity index (χ2v) is 5.24. The molecule has 2 aliphatic rings. The highest BCUT2D eigenvalue weighted by molar-refractivity contribution is 4.97. The third-order valence-electron chi connectivity index (χ3n) is 3.65. The summed E-state index contributed by atoms with van der Waals surface area (Å²) in [5, 5.41) is 10.5. The predicted molar refractivity (Wildman–Crippen MR) is 53.6 cm³/mol. The Morgan fingerprint density at radius 2 is 2.23 bits per heavy atom. The molecule has 3 atom stereocenters. The monoisotopic (exact) mass is 183 g/mol. The zero-order valence-corrected chi connectivity index (χ0v) is 8.79. The molecule has 0 saturated carbocycles. The van der Waals surface area contributed by atoms with E-state index in [0.29, 0.717) is 11.8 Å². The van der Waals surface area contributed by atoms with Gasteiger partial charge in [-0.25, -0.2) is 0 Å². The standard InChI is InChI=1S/C11H21NO/c1-9(2)7-11(13)4-6-12-5-3-10(11)8-12/h9-10,13H,3-8H2,1-2H3. The van der Waals surface area contributed by atoms with Gasteiger partial charge < -0.3 is 10.0 Å². The zero-order chi connectivity index (χ0) is 9.47. The second-order valence-electron chi connectivity index (χ2n) is 5.24. The van der Waals surface area contributed by atoms with E-state index in [1.165, 1.54) is 13.0 Å². The lowest BCUT2D eigenvalue weighted by Gasteiger charge is -2.39. The molecular weight excluding hydrogens is 162 g/mol. The Labute approximate surface area is 80.9 Å². The molecule has 0 aromatic carbocycles. The molecule has 2 heterocycles. The van der Waals surface area contributed by atoms with Crippen molar-refractivity contribution in [1.82, 2.24) is 4.90 Å². The van der Waals surface area contributed by atoms with E-state index in [0.717, 1.165) is 25.9 Å². The fraction of sp³-hybridized carbons (Fsp3) is 1.00. The van der Waals surface area contributed by atoms with Gasteiger partial charge in [-0.05, 0) is 31.7 Å². The second kappa shape index (κ2) is 3.25. The van der Waals surface area contributed by atoms with E-state index >= 15 is 0 Å². The molecular formula is C11H21NO. The summed E-state index contributed by atoms with van der Waals surface area (Å²) in [5.74, 6) is 1.18. The van der Waals surface area contributed by atoms with Crippen molar-refractivity contribution < 1.29 is 5.11 Å². The number of hydrogen-bond donors (Lipinski definition) is 1. The molecule has 0 aliphatic carbocycles. The number of rotatable bonds is 2. The first-order valence-electron chi connectivity index (χ1n) is 5.55. The van der Waals surface area contributed by atoms with Crippen LogP contribution in [-0.4, -0.2) is 35.2 Å². The molecule has 2 fully saturated rings. The van der Waals surface area contributed by atoms with Crippen LogP contribution < -0.4 is 0 Å². The first-order valence-corrected chi connectivity index (χ1v) is 5.55. The average Bonchev–Trinajstić information content (AvgIpc) is 2.42. The summed E-state index contributed by atoms with van der Waals surface area (Å²) in [4.78, 5) is 2.49. The lowest BCUT2D eigenvalue weighted by molar-refractivity contribution is -0.0592. The van der Waals surface area contributed by atoms with E-state index in [9.17, 15) is 5.11 Å². The molecule has 76 valence electrons. The largest absolute Gasteiger partial charge is 0.389 e. The van der Waals surface area contributed by atoms with Gasteiger partial charge in [-0.3, -0.25) is 0 Å². The van der Waals surface area contributed by atoms with Gasteiger partial charge in [0.2, 0.25) is 0 Å². The van der Waals surface area contributed by atoms with Crippen molar-refractivity contribution in [1.29, 1.82) is 0 Å². The molecule has 2 saturated heterocycles. The van der Waals surface area contributed by atoms with Crippen LogP contribution in [0.15, 0.2) is 0 Å². The normalized spacial score (nSPS) is 44.3. The molecule has 13 heavy (non-hydrogen) atoms. The summed E-state index contributed by atoms with van der Waals surface area (Å²) in [6.45, 7) is 7.88. The highest BCUT2D eigenvalue weighted by Crippen LogP contribution is 2.39. The fourth-order valence-electron chi connectivity index (χ4n) is 3.01. The van der Waals surface area contributed by atoms with Crippen molar-refractivity contribution in [3.05, 3.63) is 0 Å². The van der Waals surface area contributed by atoms with Crippen LogP contribution in [0.5, 0.6) is 0 Å². The lowest BCUT2D eigenvalue weighted by atomic mass is 9.77. The summed E-state index contributed by atoms with van der Waals surface area (Å²) in [6.07, 6.45) is 3.20. The van der Waals surface area contributed by atoms with Crippen molar-refractivity contribution in [2.75, 3.05) is 19.6 Å². The Morgan fingerprint density at radius 3 is 2.92 bits per heavy atom. The Hall–Kier alpha value is -0.0800. The number of piperidine rings is 1. The first kappa shape index (κ1) is 9.47. The van der Waals surface area contributed by atoms with Gasteiger partial charge in [0.15, 0.2) is 0 Å². The summed E-state index contributed by atoms with van der Waals surface area (Å²) < 4.78 is 0. The number of hydrogen-bond acceptors (Lipinski definition) is 2. The first-order chi connectivity index (χ1) is 6.10. The molecule has 2 heteroatoms. The minimum absolute atomic E-state index is 0.332. The molecule has 0 amide bonds. The molecule has 2 aliphatic heterocycles. The number of nitrogens with zero attached hydrogens (tertiary/aromatic N) is 1. The van der Waals surface area contributed by atoms with Gasteiger partial charge in [0, 0.05) is 19.0 Å². The minimum Gasteiger partial charge on any atom is -0.389 e. The predicted octanol–water partition coefficient (Wildman–Crippen LogP) is 1.49. The highest BCUT2D eigenvalue weighted by Gasteiger charge is 2.44. The van der Waals surface area contributed by atoms with Crippen LogP contribution in [-0.2, 0) is 0 Å². The van der Waals surface area contributed by atoms with Crippen molar-refractivity contribution in [3.63, 3.8) is 0 Å². The Morgan fingerprint density at radius 1 is 1.46 bits per heavy atom. The van der Waals surface area contributed by atoms with E-state index in [2.05, 4.69) is 18.7 Å². The molecule has 2 bridgehead atoms. The Bertz CT molecular complexity index is 193. The van der Waals surface area contributed by atoms with Crippen LogP contribution in [0.4, 0.5) is 0 Å². The Kier molecular flexibility index (Phi) is 2.37. The van der Waals surface area contributed by atoms with Crippen LogP contribution in [0.1, 0.15) is 33.1 Å². The van der Waals surface area contributed by atoms with Crippen LogP contribution >= 0.6 is 0 Å². The number of fused-ring (bicyclic) bond motifs is 2. The van der Waals surface area contributed by atoms with E-state index in [-0.39, 0.29) is 5.60 Å². The van der Waals surface area contributed by atoms with Crippen LogP contribution in [0, 0.1) is 11.8 Å². The average molecular weight is 183 g/mol.